The average molecular weight is 829 g/mol. The van der Waals surface area contributed by atoms with Gasteiger partial charge in [-0.1, -0.05) is 156 Å². The minimum atomic E-state index is -0.0894. The van der Waals surface area contributed by atoms with Crippen molar-refractivity contribution < 1.29 is 0 Å². The molecule has 312 valence electrons. The van der Waals surface area contributed by atoms with Gasteiger partial charge in [-0.15, -0.1) is 11.3 Å². The molecule has 0 spiro atoms. The molecule has 2 nitrogen and oxygen atoms in total. The van der Waals surface area contributed by atoms with Crippen molar-refractivity contribution >= 4 is 84.2 Å². The summed E-state index contributed by atoms with van der Waals surface area (Å²) < 4.78 is 1.38. The van der Waals surface area contributed by atoms with E-state index in [0.29, 0.717) is 0 Å². The summed E-state index contributed by atoms with van der Waals surface area (Å²) in [6, 6.07) is 47.6. The predicted octanol–water partition coefficient (Wildman–Crippen LogP) is 14.6. The van der Waals surface area contributed by atoms with Crippen molar-refractivity contribution in [2.24, 2.45) is 0 Å². The summed E-state index contributed by atoms with van der Waals surface area (Å²) >= 11 is 1.97. The fourth-order valence-electron chi connectivity index (χ4n) is 10.1. The van der Waals surface area contributed by atoms with Crippen molar-refractivity contribution in [2.75, 3.05) is 9.80 Å². The number of fused-ring (bicyclic) bond motifs is 7. The highest BCUT2D eigenvalue weighted by molar-refractivity contribution is 7.19. The Kier molecular flexibility index (Phi) is 9.26. The van der Waals surface area contributed by atoms with Crippen LogP contribution in [0.3, 0.4) is 0 Å². The van der Waals surface area contributed by atoms with Gasteiger partial charge in [0, 0.05) is 54.7 Å². The summed E-state index contributed by atoms with van der Waals surface area (Å²) in [5, 5.41) is 1.38. The highest BCUT2D eigenvalue weighted by atomic mass is 32.1. The number of thiophene rings is 1. The summed E-state index contributed by atoms with van der Waals surface area (Å²) in [6.07, 6.45) is 4.67. The topological polar surface area (TPSA) is 6.48 Å². The molecular formula is C58H61BN2S. The molecule has 3 heterocycles. The monoisotopic (exact) mass is 828 g/mol. The molecule has 0 saturated carbocycles. The fourth-order valence-corrected chi connectivity index (χ4v) is 11.3. The van der Waals surface area contributed by atoms with Gasteiger partial charge in [0.2, 0.25) is 0 Å². The van der Waals surface area contributed by atoms with E-state index in [4.69, 9.17) is 0 Å². The lowest BCUT2D eigenvalue weighted by atomic mass is 9.33. The number of hydrogen-bond donors (Lipinski definition) is 0. The standard InChI is InChI=1S/C58H61BN2S/c1-55(2,3)37-22-28-42(29-23-37)61-48-33-39(57(7,8)9)25-31-46(48)59-45-30-24-38(56(4,5)6)32-47(45)60(49-34-40(58(10,11)12)35-50(61)54(49)59)41-26-20-36(21-27-41)43-17-15-19-52-53(43)44-16-13-14-18-51(44)62-52/h13-14,16-18,20-35H,15,19H2,1-12H3. The smallest absolute Gasteiger partial charge is 0.252 e. The maximum absolute atomic E-state index is 2.61. The molecule has 0 saturated heterocycles. The maximum atomic E-state index is 2.61. The molecule has 2 aliphatic heterocycles. The molecule has 3 aliphatic rings. The van der Waals surface area contributed by atoms with Crippen molar-refractivity contribution in [3.63, 3.8) is 0 Å². The van der Waals surface area contributed by atoms with E-state index in [1.807, 2.05) is 11.3 Å². The number of nitrogens with zero attached hydrogens (tertiary/aromatic N) is 2. The lowest BCUT2D eigenvalue weighted by Gasteiger charge is -2.45. The van der Waals surface area contributed by atoms with Crippen LogP contribution in [0.2, 0.25) is 0 Å². The zero-order valence-corrected chi connectivity index (χ0v) is 39.7. The molecule has 0 radical (unpaired) electrons. The SMILES string of the molecule is CC(C)(C)c1ccc(N2c3cc(C(C)(C)C)ccc3B3c4ccc(C(C)(C)C)cc4N(c4ccc(C5=CCCc6sc7ccccc7c65)cc4)c4cc(C(C)(C)C)cc2c43)cc1. The molecule has 1 aromatic heterocycles. The number of anilines is 6. The molecule has 62 heavy (non-hydrogen) atoms. The molecule has 0 amide bonds. The molecule has 0 unspecified atom stereocenters. The van der Waals surface area contributed by atoms with Crippen LogP contribution in [-0.4, -0.2) is 6.71 Å². The van der Waals surface area contributed by atoms with E-state index >= 15 is 0 Å². The number of allylic oxidation sites excluding steroid dienone is 1. The van der Waals surface area contributed by atoms with Gasteiger partial charge in [0.25, 0.3) is 6.71 Å². The van der Waals surface area contributed by atoms with Gasteiger partial charge in [-0.3, -0.25) is 0 Å². The summed E-state index contributed by atoms with van der Waals surface area (Å²) in [7, 11) is 0. The van der Waals surface area contributed by atoms with Crippen LogP contribution in [0.5, 0.6) is 0 Å². The third-order valence-corrected chi connectivity index (χ3v) is 15.0. The van der Waals surface area contributed by atoms with Gasteiger partial charge < -0.3 is 9.80 Å². The van der Waals surface area contributed by atoms with Crippen LogP contribution >= 0.6 is 11.3 Å². The minimum Gasteiger partial charge on any atom is -0.311 e. The van der Waals surface area contributed by atoms with Crippen LogP contribution < -0.4 is 26.2 Å². The van der Waals surface area contributed by atoms with Crippen molar-refractivity contribution in [3.05, 3.63) is 166 Å². The first-order valence-corrected chi connectivity index (χ1v) is 23.6. The Morgan fingerprint density at radius 2 is 0.952 bits per heavy atom. The first-order chi connectivity index (χ1) is 29.3. The second-order valence-electron chi connectivity index (χ2n) is 22.2. The van der Waals surface area contributed by atoms with E-state index in [9.17, 15) is 0 Å². The van der Waals surface area contributed by atoms with E-state index in [1.165, 1.54) is 104 Å². The predicted molar refractivity (Wildman–Crippen MR) is 272 cm³/mol. The van der Waals surface area contributed by atoms with Gasteiger partial charge in [0.05, 0.1) is 0 Å². The highest BCUT2D eigenvalue weighted by Gasteiger charge is 2.45. The zero-order valence-electron chi connectivity index (χ0n) is 38.9. The van der Waals surface area contributed by atoms with Gasteiger partial charge in [-0.05, 0) is 139 Å². The molecule has 0 atom stereocenters. The quantitative estimate of drug-likeness (QED) is 0.164. The molecule has 7 aromatic rings. The fraction of sp³-hybridized carbons (Fsp3) is 0.310. The van der Waals surface area contributed by atoms with Gasteiger partial charge in [0.1, 0.15) is 0 Å². The van der Waals surface area contributed by atoms with Crippen LogP contribution in [0, 0.1) is 0 Å². The summed E-state index contributed by atoms with van der Waals surface area (Å²) in [6.45, 7) is 28.1. The summed E-state index contributed by atoms with van der Waals surface area (Å²) in [4.78, 5) is 6.71. The Balaban J connectivity index is 1.23. The molecule has 0 N–H and O–H groups in total. The number of rotatable bonds is 3. The Morgan fingerprint density at radius 1 is 0.484 bits per heavy atom. The molecule has 10 rings (SSSR count). The Bertz CT molecular complexity index is 2940. The van der Waals surface area contributed by atoms with Crippen LogP contribution in [0.1, 0.15) is 128 Å². The molecule has 4 heteroatoms. The van der Waals surface area contributed by atoms with Crippen molar-refractivity contribution in [1.82, 2.24) is 0 Å². The summed E-state index contributed by atoms with van der Waals surface area (Å²) in [5.41, 5.74) is 21.0. The van der Waals surface area contributed by atoms with Crippen molar-refractivity contribution in [2.45, 2.75) is 118 Å². The maximum Gasteiger partial charge on any atom is 0.252 e. The van der Waals surface area contributed by atoms with Gasteiger partial charge >= 0.3 is 0 Å². The molecular weight excluding hydrogens is 768 g/mol. The van der Waals surface area contributed by atoms with E-state index in [-0.39, 0.29) is 28.4 Å². The van der Waals surface area contributed by atoms with Crippen molar-refractivity contribution in [1.29, 1.82) is 0 Å². The van der Waals surface area contributed by atoms with Crippen LogP contribution in [-0.2, 0) is 28.1 Å². The number of aryl methyl sites for hydroxylation is 1. The molecule has 0 fully saturated rings. The van der Waals surface area contributed by atoms with Crippen molar-refractivity contribution in [3.8, 4) is 0 Å². The van der Waals surface area contributed by atoms with E-state index in [0.717, 1.165) is 12.8 Å². The van der Waals surface area contributed by atoms with Crippen LogP contribution in [0.4, 0.5) is 34.1 Å². The summed E-state index contributed by atoms with van der Waals surface area (Å²) in [5.74, 6) is 0. The van der Waals surface area contributed by atoms with Crippen LogP contribution in [0.25, 0.3) is 15.7 Å². The van der Waals surface area contributed by atoms with Crippen LogP contribution in [0.15, 0.2) is 127 Å². The van der Waals surface area contributed by atoms with E-state index in [1.54, 1.807) is 0 Å². The molecule has 6 aromatic carbocycles. The first-order valence-electron chi connectivity index (χ1n) is 22.8. The van der Waals surface area contributed by atoms with Gasteiger partial charge in [0.15, 0.2) is 0 Å². The highest BCUT2D eigenvalue weighted by Crippen LogP contribution is 2.48. The number of benzene rings is 6. The largest absolute Gasteiger partial charge is 0.311 e. The number of hydrogen-bond acceptors (Lipinski definition) is 3. The lowest BCUT2D eigenvalue weighted by molar-refractivity contribution is 0.589. The first kappa shape index (κ1) is 40.7. The second-order valence-corrected chi connectivity index (χ2v) is 23.4. The second kappa shape index (κ2) is 14.1. The Morgan fingerprint density at radius 3 is 1.47 bits per heavy atom. The third-order valence-electron chi connectivity index (χ3n) is 13.8. The van der Waals surface area contributed by atoms with Gasteiger partial charge in [-0.25, -0.2) is 0 Å². The van der Waals surface area contributed by atoms with E-state index in [2.05, 4.69) is 220 Å². The van der Waals surface area contributed by atoms with E-state index < -0.39 is 0 Å². The third kappa shape index (κ3) is 6.67. The normalized spacial score (nSPS) is 15.0. The molecule has 0 bridgehead atoms. The molecule has 1 aliphatic carbocycles. The zero-order chi connectivity index (χ0) is 43.7. The Labute approximate surface area is 375 Å². The Hall–Kier alpha value is -5.32. The van der Waals surface area contributed by atoms with Gasteiger partial charge in [-0.2, -0.15) is 0 Å². The average Bonchev–Trinajstić information content (AvgIpc) is 3.61. The minimum absolute atomic E-state index is 0.00368. The lowest BCUT2D eigenvalue weighted by Crippen LogP contribution is -2.61.